The maximum Gasteiger partial charge on any atom is 0.259 e. The van der Waals surface area contributed by atoms with Crippen molar-refractivity contribution in [3.63, 3.8) is 0 Å². The van der Waals surface area contributed by atoms with Gasteiger partial charge in [0.25, 0.3) is 5.91 Å². The number of halogens is 1. The highest BCUT2D eigenvalue weighted by Gasteiger charge is 2.14. The minimum Gasteiger partial charge on any atom is -0.508 e. The van der Waals surface area contributed by atoms with E-state index in [1.54, 1.807) is 18.2 Å². The molecule has 0 aliphatic heterocycles. The molecule has 0 fully saturated rings. The predicted octanol–water partition coefficient (Wildman–Crippen LogP) is 2.89. The summed E-state index contributed by atoms with van der Waals surface area (Å²) in [6, 6.07) is 9.02. The van der Waals surface area contributed by atoms with Gasteiger partial charge in [-0.25, -0.2) is 0 Å². The standard InChI is InChI=1S/C14H13ClN2O3/c1-20-13-6-8(15)2-4-10(13)14(19)17-12-5-3-9(18)7-11(12)16/h2-7,18H,16H2,1H3,(H,17,19). The molecular weight excluding hydrogens is 280 g/mol. The summed E-state index contributed by atoms with van der Waals surface area (Å²) >= 11 is 5.84. The Morgan fingerprint density at radius 3 is 2.70 bits per heavy atom. The lowest BCUT2D eigenvalue weighted by molar-refractivity contribution is 0.102. The SMILES string of the molecule is COc1cc(Cl)ccc1C(=O)Nc1ccc(O)cc1N. The van der Waals surface area contributed by atoms with Crippen LogP contribution in [-0.2, 0) is 0 Å². The highest BCUT2D eigenvalue weighted by atomic mass is 35.5. The first-order valence-electron chi connectivity index (χ1n) is 5.74. The fraction of sp³-hybridized carbons (Fsp3) is 0.0714. The molecule has 0 aliphatic carbocycles. The molecule has 104 valence electrons. The van der Waals surface area contributed by atoms with Gasteiger partial charge in [0.15, 0.2) is 0 Å². The fourth-order valence-corrected chi connectivity index (χ4v) is 1.87. The Morgan fingerprint density at radius 1 is 1.30 bits per heavy atom. The van der Waals surface area contributed by atoms with Gasteiger partial charge >= 0.3 is 0 Å². The zero-order valence-corrected chi connectivity index (χ0v) is 11.4. The lowest BCUT2D eigenvalue weighted by atomic mass is 10.1. The number of hydrogen-bond donors (Lipinski definition) is 3. The van der Waals surface area contributed by atoms with Crippen molar-refractivity contribution < 1.29 is 14.6 Å². The molecule has 0 aliphatic rings. The second kappa shape index (κ2) is 5.71. The largest absolute Gasteiger partial charge is 0.508 e. The average molecular weight is 293 g/mol. The first kappa shape index (κ1) is 14.0. The lowest BCUT2D eigenvalue weighted by Gasteiger charge is -2.11. The lowest BCUT2D eigenvalue weighted by Crippen LogP contribution is -2.14. The van der Waals surface area contributed by atoms with Crippen molar-refractivity contribution in [3.8, 4) is 11.5 Å². The average Bonchev–Trinajstić information content (AvgIpc) is 2.41. The van der Waals surface area contributed by atoms with Crippen molar-refractivity contribution in [2.75, 3.05) is 18.2 Å². The van der Waals surface area contributed by atoms with Gasteiger partial charge in [-0.3, -0.25) is 4.79 Å². The number of nitrogens with one attached hydrogen (secondary N) is 1. The maximum absolute atomic E-state index is 12.2. The van der Waals surface area contributed by atoms with Crippen molar-refractivity contribution in [3.05, 3.63) is 47.0 Å². The smallest absolute Gasteiger partial charge is 0.259 e. The van der Waals surface area contributed by atoms with Crippen LogP contribution >= 0.6 is 11.6 Å². The Hall–Kier alpha value is -2.40. The highest BCUT2D eigenvalue weighted by Crippen LogP contribution is 2.27. The molecule has 0 radical (unpaired) electrons. The van der Waals surface area contributed by atoms with Crippen LogP contribution in [-0.4, -0.2) is 18.1 Å². The van der Waals surface area contributed by atoms with Gasteiger partial charge in [-0.05, 0) is 30.3 Å². The predicted molar refractivity (Wildman–Crippen MR) is 78.5 cm³/mol. The van der Waals surface area contributed by atoms with Crippen LogP contribution in [0.4, 0.5) is 11.4 Å². The molecule has 0 unspecified atom stereocenters. The number of carbonyl (C=O) groups excluding carboxylic acids is 1. The number of rotatable bonds is 3. The number of benzene rings is 2. The monoisotopic (exact) mass is 292 g/mol. The molecule has 2 aromatic rings. The molecule has 1 amide bonds. The van der Waals surface area contributed by atoms with E-state index in [1.165, 1.54) is 25.3 Å². The van der Waals surface area contributed by atoms with Crippen LogP contribution in [0.2, 0.25) is 5.02 Å². The Bertz CT molecular complexity index is 659. The van der Waals surface area contributed by atoms with E-state index >= 15 is 0 Å². The summed E-state index contributed by atoms with van der Waals surface area (Å²) in [6.07, 6.45) is 0. The van der Waals surface area contributed by atoms with E-state index in [2.05, 4.69) is 5.32 Å². The summed E-state index contributed by atoms with van der Waals surface area (Å²) in [5.41, 5.74) is 6.73. The van der Waals surface area contributed by atoms with Gasteiger partial charge in [0, 0.05) is 11.1 Å². The second-order valence-corrected chi connectivity index (χ2v) is 4.51. The van der Waals surface area contributed by atoms with Gasteiger partial charge in [-0.2, -0.15) is 0 Å². The molecule has 0 aromatic heterocycles. The van der Waals surface area contributed by atoms with E-state index in [9.17, 15) is 9.90 Å². The molecule has 0 saturated carbocycles. The Balaban J connectivity index is 2.28. The molecule has 5 nitrogen and oxygen atoms in total. The first-order chi connectivity index (χ1) is 9.51. The van der Waals surface area contributed by atoms with Crippen LogP contribution in [0.15, 0.2) is 36.4 Å². The van der Waals surface area contributed by atoms with Crippen LogP contribution in [0.3, 0.4) is 0 Å². The van der Waals surface area contributed by atoms with Crippen LogP contribution in [0.25, 0.3) is 0 Å². The highest BCUT2D eigenvalue weighted by molar-refractivity contribution is 6.31. The van der Waals surface area contributed by atoms with Crippen molar-refractivity contribution >= 4 is 28.9 Å². The van der Waals surface area contributed by atoms with Crippen molar-refractivity contribution in [1.29, 1.82) is 0 Å². The summed E-state index contributed by atoms with van der Waals surface area (Å²) in [6.45, 7) is 0. The van der Waals surface area contributed by atoms with E-state index in [1.807, 2.05) is 0 Å². The molecule has 2 rings (SSSR count). The van der Waals surface area contributed by atoms with E-state index < -0.39 is 0 Å². The molecule has 2 aromatic carbocycles. The summed E-state index contributed by atoms with van der Waals surface area (Å²) < 4.78 is 5.12. The van der Waals surface area contributed by atoms with E-state index in [4.69, 9.17) is 22.1 Å². The van der Waals surface area contributed by atoms with Crippen LogP contribution in [0.5, 0.6) is 11.5 Å². The third kappa shape index (κ3) is 2.95. The molecule has 0 atom stereocenters. The number of aromatic hydroxyl groups is 1. The molecule has 4 N–H and O–H groups in total. The van der Waals surface area contributed by atoms with E-state index in [-0.39, 0.29) is 17.3 Å². The van der Waals surface area contributed by atoms with Crippen molar-refractivity contribution in [2.45, 2.75) is 0 Å². The fourth-order valence-electron chi connectivity index (χ4n) is 1.71. The minimum atomic E-state index is -0.379. The van der Waals surface area contributed by atoms with Gasteiger partial charge in [-0.1, -0.05) is 11.6 Å². The number of ether oxygens (including phenoxy) is 1. The number of amides is 1. The van der Waals surface area contributed by atoms with Crippen LogP contribution < -0.4 is 15.8 Å². The number of phenolic OH excluding ortho intramolecular Hbond substituents is 1. The number of hydrogen-bond acceptors (Lipinski definition) is 4. The number of carbonyl (C=O) groups is 1. The third-order valence-electron chi connectivity index (χ3n) is 2.69. The number of nitrogens with two attached hydrogens (primary N) is 1. The molecule has 0 bridgehead atoms. The first-order valence-corrected chi connectivity index (χ1v) is 6.12. The van der Waals surface area contributed by atoms with Gasteiger partial charge in [0.1, 0.15) is 11.5 Å². The number of methoxy groups -OCH3 is 1. The molecule has 6 heteroatoms. The Labute approximate surface area is 120 Å². The molecule has 0 saturated heterocycles. The Morgan fingerprint density at radius 2 is 2.05 bits per heavy atom. The quantitative estimate of drug-likeness (QED) is 0.600. The number of nitrogen functional groups attached to an aromatic ring is 1. The topological polar surface area (TPSA) is 84.6 Å². The maximum atomic E-state index is 12.2. The van der Waals surface area contributed by atoms with E-state index in [0.29, 0.717) is 22.0 Å². The molecular formula is C14H13ClN2O3. The number of anilines is 2. The normalized spacial score (nSPS) is 10.1. The molecule has 0 heterocycles. The molecule has 20 heavy (non-hydrogen) atoms. The van der Waals surface area contributed by atoms with Crippen molar-refractivity contribution in [1.82, 2.24) is 0 Å². The van der Waals surface area contributed by atoms with E-state index in [0.717, 1.165) is 0 Å². The third-order valence-corrected chi connectivity index (χ3v) is 2.93. The number of phenols is 1. The summed E-state index contributed by atoms with van der Waals surface area (Å²) in [5.74, 6) is 0.0211. The minimum absolute atomic E-state index is 0.0320. The zero-order valence-electron chi connectivity index (χ0n) is 10.7. The molecule has 0 spiro atoms. The zero-order chi connectivity index (χ0) is 14.7. The van der Waals surface area contributed by atoms with Gasteiger partial charge in [0.2, 0.25) is 0 Å². The van der Waals surface area contributed by atoms with Crippen LogP contribution in [0, 0.1) is 0 Å². The summed E-state index contributed by atoms with van der Waals surface area (Å²) in [7, 11) is 1.46. The van der Waals surface area contributed by atoms with Gasteiger partial charge in [-0.15, -0.1) is 0 Å². The van der Waals surface area contributed by atoms with Crippen molar-refractivity contribution in [2.24, 2.45) is 0 Å². The Kier molecular flexibility index (Phi) is 4.00. The summed E-state index contributed by atoms with van der Waals surface area (Å²) in [5, 5.41) is 12.4. The van der Waals surface area contributed by atoms with Gasteiger partial charge < -0.3 is 20.9 Å². The van der Waals surface area contributed by atoms with Crippen LogP contribution in [0.1, 0.15) is 10.4 Å². The summed E-state index contributed by atoms with van der Waals surface area (Å²) in [4.78, 5) is 12.2. The second-order valence-electron chi connectivity index (χ2n) is 4.07. The van der Waals surface area contributed by atoms with Gasteiger partial charge in [0.05, 0.1) is 24.0 Å².